The highest BCUT2D eigenvalue weighted by Crippen LogP contribution is 2.16. The van der Waals surface area contributed by atoms with Gasteiger partial charge in [-0.1, -0.05) is 6.92 Å². The van der Waals surface area contributed by atoms with Gasteiger partial charge in [0.2, 0.25) is 5.91 Å². The number of carbonyl (C=O) groups is 1. The number of carbonyl (C=O) groups excluding carboxylic acids is 1. The molecule has 1 saturated heterocycles. The number of hydrogen-bond acceptors (Lipinski definition) is 3. The molecule has 1 aromatic rings. The molecule has 1 aliphatic rings. The van der Waals surface area contributed by atoms with Crippen molar-refractivity contribution in [3.8, 4) is 0 Å². The summed E-state index contributed by atoms with van der Waals surface area (Å²) in [6.07, 6.45) is 6.60. The van der Waals surface area contributed by atoms with E-state index in [0.29, 0.717) is 5.92 Å². The number of rotatable bonds is 4. The van der Waals surface area contributed by atoms with Crippen molar-refractivity contribution in [2.24, 2.45) is 5.92 Å². The van der Waals surface area contributed by atoms with E-state index in [9.17, 15) is 4.79 Å². The molecule has 0 spiro atoms. The summed E-state index contributed by atoms with van der Waals surface area (Å²) < 4.78 is 0. The molecule has 2 heterocycles. The number of hydrogen-bond donors (Lipinski definition) is 1. The van der Waals surface area contributed by atoms with E-state index >= 15 is 0 Å². The molecule has 0 radical (unpaired) electrons. The third-order valence-corrected chi connectivity index (χ3v) is 3.83. The molecule has 2 atom stereocenters. The fraction of sp³-hybridized carbons (Fsp3) is 0.600. The maximum absolute atomic E-state index is 12.3. The van der Waals surface area contributed by atoms with Gasteiger partial charge in [-0.2, -0.15) is 0 Å². The normalized spacial score (nSPS) is 21.9. The molecular weight excluding hydrogens is 274 g/mol. The van der Waals surface area contributed by atoms with Crippen LogP contribution in [0.3, 0.4) is 0 Å². The third-order valence-electron chi connectivity index (χ3n) is 3.83. The van der Waals surface area contributed by atoms with Crippen LogP contribution in [0, 0.1) is 5.92 Å². The maximum Gasteiger partial charge on any atom is 0.239 e. The molecule has 1 aliphatic heterocycles. The predicted octanol–water partition coefficient (Wildman–Crippen LogP) is 1.89. The van der Waals surface area contributed by atoms with Crippen molar-refractivity contribution in [2.75, 3.05) is 20.1 Å². The average molecular weight is 298 g/mol. The van der Waals surface area contributed by atoms with E-state index in [1.54, 1.807) is 12.4 Å². The van der Waals surface area contributed by atoms with Crippen LogP contribution < -0.4 is 5.32 Å². The Kier molecular flexibility index (Phi) is 6.96. The van der Waals surface area contributed by atoms with Crippen molar-refractivity contribution < 1.29 is 4.79 Å². The predicted molar refractivity (Wildman–Crippen MR) is 83.0 cm³/mol. The molecule has 0 saturated carbocycles. The van der Waals surface area contributed by atoms with Crippen LogP contribution in [0.5, 0.6) is 0 Å². The van der Waals surface area contributed by atoms with Crippen molar-refractivity contribution in [2.45, 2.75) is 32.2 Å². The summed E-state index contributed by atoms with van der Waals surface area (Å²) in [5.74, 6) is 0.865. The van der Waals surface area contributed by atoms with Gasteiger partial charge in [0.05, 0.1) is 6.04 Å². The number of nitrogens with zero attached hydrogens (tertiary/aromatic N) is 2. The van der Waals surface area contributed by atoms with Crippen LogP contribution >= 0.6 is 12.4 Å². The Morgan fingerprint density at radius 3 is 2.80 bits per heavy atom. The topological polar surface area (TPSA) is 45.2 Å². The molecule has 0 aromatic carbocycles. The van der Waals surface area contributed by atoms with Crippen molar-refractivity contribution in [3.05, 3.63) is 30.1 Å². The monoisotopic (exact) mass is 297 g/mol. The molecule has 1 N–H and O–H groups in total. The summed E-state index contributed by atoms with van der Waals surface area (Å²) in [5.41, 5.74) is 1.22. The van der Waals surface area contributed by atoms with Crippen LogP contribution in [0.4, 0.5) is 0 Å². The van der Waals surface area contributed by atoms with Crippen molar-refractivity contribution in [1.82, 2.24) is 15.2 Å². The lowest BCUT2D eigenvalue weighted by Gasteiger charge is -2.30. The number of piperidine rings is 1. The Hall–Kier alpha value is -1.13. The van der Waals surface area contributed by atoms with Crippen LogP contribution in [0.1, 0.15) is 25.3 Å². The quantitative estimate of drug-likeness (QED) is 0.923. The molecule has 1 aromatic heterocycles. The smallest absolute Gasteiger partial charge is 0.239 e. The number of nitrogens with one attached hydrogen (secondary N) is 1. The van der Waals surface area contributed by atoms with Crippen LogP contribution in [-0.4, -0.2) is 42.0 Å². The zero-order chi connectivity index (χ0) is 13.7. The Bertz CT molecular complexity index is 413. The van der Waals surface area contributed by atoms with Gasteiger partial charge in [-0.25, -0.2) is 0 Å². The van der Waals surface area contributed by atoms with E-state index in [-0.39, 0.29) is 24.4 Å². The van der Waals surface area contributed by atoms with Gasteiger partial charge in [0, 0.05) is 26.0 Å². The number of likely N-dealkylation sites (N-methyl/N-ethyl adjacent to an activating group) is 1. The first kappa shape index (κ1) is 16.9. The number of pyridine rings is 1. The minimum Gasteiger partial charge on any atom is -0.344 e. The highest BCUT2D eigenvalue weighted by atomic mass is 35.5. The second-order valence-electron chi connectivity index (χ2n) is 5.50. The van der Waals surface area contributed by atoms with Crippen LogP contribution in [0.15, 0.2) is 24.5 Å². The molecule has 2 unspecified atom stereocenters. The van der Waals surface area contributed by atoms with Gasteiger partial charge in [-0.05, 0) is 49.4 Å². The fourth-order valence-corrected chi connectivity index (χ4v) is 2.52. The standard InChI is InChI=1S/C15H23N3O.ClH/c1-12-3-9-17-14(11-12)15(19)18(2)10-6-13-4-7-16-8-5-13;/h4-5,7-8,12,14,17H,3,6,9-11H2,1-2H3;1H. The fourth-order valence-electron chi connectivity index (χ4n) is 2.52. The highest BCUT2D eigenvalue weighted by molar-refractivity contribution is 5.85. The Labute approximate surface area is 127 Å². The first-order chi connectivity index (χ1) is 9.16. The minimum absolute atomic E-state index is 0. The largest absolute Gasteiger partial charge is 0.344 e. The van der Waals surface area contributed by atoms with Gasteiger partial charge in [0.1, 0.15) is 0 Å². The summed E-state index contributed by atoms with van der Waals surface area (Å²) in [4.78, 5) is 18.2. The maximum atomic E-state index is 12.3. The third kappa shape index (κ3) is 4.76. The zero-order valence-electron chi connectivity index (χ0n) is 12.2. The molecule has 2 rings (SSSR count). The number of halogens is 1. The van der Waals surface area contributed by atoms with E-state index in [0.717, 1.165) is 25.9 Å². The lowest BCUT2D eigenvalue weighted by atomic mass is 9.93. The van der Waals surface area contributed by atoms with Gasteiger partial charge in [-0.15, -0.1) is 12.4 Å². The molecule has 4 nitrogen and oxygen atoms in total. The summed E-state index contributed by atoms with van der Waals surface area (Å²) >= 11 is 0. The molecule has 1 amide bonds. The van der Waals surface area contributed by atoms with E-state index in [1.165, 1.54) is 12.0 Å². The van der Waals surface area contributed by atoms with Crippen molar-refractivity contribution >= 4 is 18.3 Å². The lowest BCUT2D eigenvalue weighted by molar-refractivity contribution is -0.133. The average Bonchev–Trinajstić information content (AvgIpc) is 2.45. The lowest BCUT2D eigenvalue weighted by Crippen LogP contribution is -2.49. The highest BCUT2D eigenvalue weighted by Gasteiger charge is 2.26. The molecule has 0 bridgehead atoms. The summed E-state index contributed by atoms with van der Waals surface area (Å²) in [6, 6.07) is 4.00. The van der Waals surface area contributed by atoms with Gasteiger partial charge >= 0.3 is 0 Å². The van der Waals surface area contributed by atoms with Gasteiger partial charge in [-0.3, -0.25) is 9.78 Å². The summed E-state index contributed by atoms with van der Waals surface area (Å²) in [5, 5.41) is 3.33. The first-order valence-electron chi connectivity index (χ1n) is 7.04. The Morgan fingerprint density at radius 2 is 2.15 bits per heavy atom. The van der Waals surface area contributed by atoms with Gasteiger partial charge in [0.25, 0.3) is 0 Å². The molecule has 5 heteroatoms. The summed E-state index contributed by atoms with van der Waals surface area (Å²) in [7, 11) is 1.89. The second kappa shape index (κ2) is 8.22. The van der Waals surface area contributed by atoms with E-state index in [1.807, 2.05) is 24.1 Å². The number of aromatic nitrogens is 1. The SMILES string of the molecule is CC1CCNC(C(=O)N(C)CCc2ccncc2)C1.Cl. The van der Waals surface area contributed by atoms with Crippen LogP contribution in [0.25, 0.3) is 0 Å². The zero-order valence-corrected chi connectivity index (χ0v) is 13.0. The van der Waals surface area contributed by atoms with Crippen molar-refractivity contribution in [3.63, 3.8) is 0 Å². The molecule has 20 heavy (non-hydrogen) atoms. The molecule has 1 fully saturated rings. The minimum atomic E-state index is 0. The van der Waals surface area contributed by atoms with Crippen LogP contribution in [-0.2, 0) is 11.2 Å². The summed E-state index contributed by atoms with van der Waals surface area (Å²) in [6.45, 7) is 3.93. The number of amides is 1. The Morgan fingerprint density at radius 1 is 1.45 bits per heavy atom. The van der Waals surface area contributed by atoms with Gasteiger partial charge < -0.3 is 10.2 Å². The molecular formula is C15H24ClN3O. The van der Waals surface area contributed by atoms with Crippen LogP contribution in [0.2, 0.25) is 0 Å². The molecule has 112 valence electrons. The van der Waals surface area contributed by atoms with Gasteiger partial charge in [0.15, 0.2) is 0 Å². The van der Waals surface area contributed by atoms with E-state index in [4.69, 9.17) is 0 Å². The Balaban J connectivity index is 0.00000200. The van der Waals surface area contributed by atoms with E-state index in [2.05, 4.69) is 17.2 Å². The first-order valence-corrected chi connectivity index (χ1v) is 7.04. The molecule has 0 aliphatic carbocycles. The van der Waals surface area contributed by atoms with Crippen molar-refractivity contribution in [1.29, 1.82) is 0 Å². The van der Waals surface area contributed by atoms with E-state index < -0.39 is 0 Å². The second-order valence-corrected chi connectivity index (χ2v) is 5.50.